The van der Waals surface area contributed by atoms with E-state index in [9.17, 15) is 5.11 Å². The Bertz CT molecular complexity index is 572. The topological polar surface area (TPSA) is 63.4 Å². The Labute approximate surface area is 124 Å². The molecule has 2 heterocycles. The number of rotatable bonds is 5. The monoisotopic (exact) mass is 288 g/mol. The van der Waals surface area contributed by atoms with E-state index in [0.29, 0.717) is 6.54 Å². The molecule has 6 nitrogen and oxygen atoms in total. The van der Waals surface area contributed by atoms with Crippen molar-refractivity contribution in [2.24, 2.45) is 0 Å². The van der Waals surface area contributed by atoms with Crippen LogP contribution in [-0.2, 0) is 11.3 Å². The summed E-state index contributed by atoms with van der Waals surface area (Å²) in [4.78, 5) is 3.83. The second kappa shape index (κ2) is 6.34. The minimum Gasteiger partial charge on any atom is -0.395 e. The third-order valence-corrected chi connectivity index (χ3v) is 3.93. The lowest BCUT2D eigenvalue weighted by Crippen LogP contribution is -2.32. The normalized spacial score (nSPS) is 22.8. The number of aromatic nitrogens is 3. The van der Waals surface area contributed by atoms with Gasteiger partial charge in [-0.05, 0) is 18.6 Å². The smallest absolute Gasteiger partial charge is 0.0971 e. The lowest BCUT2D eigenvalue weighted by atomic mass is 10.2. The number of aliphatic hydroxyl groups excluding tert-OH is 1. The first-order valence-corrected chi connectivity index (χ1v) is 7.14. The van der Waals surface area contributed by atoms with E-state index in [1.54, 1.807) is 18.1 Å². The molecule has 1 N–H and O–H groups in total. The van der Waals surface area contributed by atoms with Crippen LogP contribution < -0.4 is 0 Å². The van der Waals surface area contributed by atoms with Crippen molar-refractivity contribution in [2.45, 2.75) is 25.1 Å². The number of likely N-dealkylation sites (tertiary alicyclic amines) is 1. The molecular weight excluding hydrogens is 268 g/mol. The van der Waals surface area contributed by atoms with Crippen LogP contribution in [0, 0.1) is 0 Å². The summed E-state index contributed by atoms with van der Waals surface area (Å²) in [6.07, 6.45) is 2.83. The first kappa shape index (κ1) is 14.2. The Morgan fingerprint density at radius 2 is 2.14 bits per heavy atom. The molecule has 1 aliphatic heterocycles. The average molecular weight is 288 g/mol. The van der Waals surface area contributed by atoms with Gasteiger partial charge in [0.2, 0.25) is 0 Å². The van der Waals surface area contributed by atoms with Gasteiger partial charge in [0.05, 0.1) is 30.3 Å². The second-order valence-corrected chi connectivity index (χ2v) is 5.32. The molecule has 2 atom stereocenters. The van der Waals surface area contributed by atoms with E-state index in [1.165, 1.54) is 0 Å². The van der Waals surface area contributed by atoms with Crippen LogP contribution in [0.15, 0.2) is 36.5 Å². The molecule has 0 radical (unpaired) electrons. The highest BCUT2D eigenvalue weighted by Crippen LogP contribution is 2.21. The zero-order valence-electron chi connectivity index (χ0n) is 12.1. The van der Waals surface area contributed by atoms with Crippen molar-refractivity contribution in [3.05, 3.63) is 42.2 Å². The highest BCUT2D eigenvalue weighted by Gasteiger charge is 2.31. The number of hydrogen-bond acceptors (Lipinski definition) is 5. The quantitative estimate of drug-likeness (QED) is 0.883. The fraction of sp³-hybridized carbons (Fsp3) is 0.467. The Balaban J connectivity index is 1.70. The first-order chi connectivity index (χ1) is 10.3. The standard InChI is InChI=1S/C15H20N4O2/c1-21-15-7-14(11-20)18(10-15)9-12-8-16-19(17-12)13-5-3-2-4-6-13/h2-6,8,14-15,20H,7,9-11H2,1H3/t14-,15+/m0/s1. The number of ether oxygens (including phenoxy) is 1. The molecule has 2 aromatic rings. The average Bonchev–Trinajstić information content (AvgIpc) is 3.15. The van der Waals surface area contributed by atoms with Crippen LogP contribution >= 0.6 is 0 Å². The van der Waals surface area contributed by atoms with Crippen LogP contribution in [0.5, 0.6) is 0 Å². The molecule has 3 rings (SSSR count). The largest absolute Gasteiger partial charge is 0.395 e. The molecular formula is C15H20N4O2. The summed E-state index contributed by atoms with van der Waals surface area (Å²) >= 11 is 0. The van der Waals surface area contributed by atoms with E-state index < -0.39 is 0 Å². The van der Waals surface area contributed by atoms with E-state index in [2.05, 4.69) is 15.1 Å². The lowest BCUT2D eigenvalue weighted by Gasteiger charge is -2.20. The third-order valence-electron chi connectivity index (χ3n) is 3.93. The van der Waals surface area contributed by atoms with Gasteiger partial charge in [-0.1, -0.05) is 18.2 Å². The molecule has 1 aromatic carbocycles. The summed E-state index contributed by atoms with van der Waals surface area (Å²) in [6.45, 7) is 1.64. The maximum absolute atomic E-state index is 9.47. The minimum absolute atomic E-state index is 0.136. The maximum Gasteiger partial charge on any atom is 0.0971 e. The molecule has 0 unspecified atom stereocenters. The number of methoxy groups -OCH3 is 1. The molecule has 112 valence electrons. The van der Waals surface area contributed by atoms with Crippen LogP contribution in [0.4, 0.5) is 0 Å². The Kier molecular flexibility index (Phi) is 4.28. The molecule has 1 aromatic heterocycles. The van der Waals surface area contributed by atoms with Gasteiger partial charge in [-0.3, -0.25) is 4.90 Å². The van der Waals surface area contributed by atoms with Crippen LogP contribution in [0.1, 0.15) is 12.1 Å². The van der Waals surface area contributed by atoms with Gasteiger partial charge >= 0.3 is 0 Å². The number of aliphatic hydroxyl groups is 1. The summed E-state index contributed by atoms with van der Waals surface area (Å²) in [7, 11) is 1.72. The van der Waals surface area contributed by atoms with Crippen LogP contribution in [0.25, 0.3) is 5.69 Å². The number of para-hydroxylation sites is 1. The fourth-order valence-electron chi connectivity index (χ4n) is 2.75. The van der Waals surface area contributed by atoms with Gasteiger partial charge in [0.1, 0.15) is 0 Å². The van der Waals surface area contributed by atoms with Gasteiger partial charge in [-0.25, -0.2) is 0 Å². The zero-order valence-corrected chi connectivity index (χ0v) is 12.1. The molecule has 0 amide bonds. The molecule has 0 bridgehead atoms. The zero-order chi connectivity index (χ0) is 14.7. The van der Waals surface area contributed by atoms with Crippen molar-refractivity contribution >= 4 is 0 Å². The highest BCUT2D eigenvalue weighted by atomic mass is 16.5. The van der Waals surface area contributed by atoms with Gasteiger partial charge in [-0.2, -0.15) is 15.0 Å². The number of nitrogens with zero attached hydrogens (tertiary/aromatic N) is 4. The van der Waals surface area contributed by atoms with Crippen LogP contribution in [0.3, 0.4) is 0 Å². The van der Waals surface area contributed by atoms with E-state index in [-0.39, 0.29) is 18.8 Å². The molecule has 1 aliphatic rings. The summed E-state index contributed by atoms with van der Waals surface area (Å²) in [5, 5.41) is 18.3. The predicted octanol–water partition coefficient (Wildman–Crippen LogP) is 0.849. The van der Waals surface area contributed by atoms with E-state index in [4.69, 9.17) is 4.74 Å². The van der Waals surface area contributed by atoms with Gasteiger partial charge in [0.25, 0.3) is 0 Å². The Morgan fingerprint density at radius 1 is 1.33 bits per heavy atom. The van der Waals surface area contributed by atoms with Crippen molar-refractivity contribution in [1.29, 1.82) is 0 Å². The Morgan fingerprint density at radius 3 is 2.86 bits per heavy atom. The molecule has 0 aliphatic carbocycles. The number of hydrogen-bond donors (Lipinski definition) is 1. The summed E-state index contributed by atoms with van der Waals surface area (Å²) < 4.78 is 5.39. The molecule has 1 fully saturated rings. The maximum atomic E-state index is 9.47. The minimum atomic E-state index is 0.136. The molecule has 1 saturated heterocycles. The van der Waals surface area contributed by atoms with E-state index in [1.807, 2.05) is 30.3 Å². The fourth-order valence-corrected chi connectivity index (χ4v) is 2.75. The second-order valence-electron chi connectivity index (χ2n) is 5.32. The molecule has 6 heteroatoms. The summed E-state index contributed by atoms with van der Waals surface area (Å²) in [5.41, 5.74) is 1.84. The van der Waals surface area contributed by atoms with Gasteiger partial charge < -0.3 is 9.84 Å². The summed E-state index contributed by atoms with van der Waals surface area (Å²) in [5.74, 6) is 0. The third kappa shape index (κ3) is 3.12. The number of benzene rings is 1. The molecule has 0 saturated carbocycles. The van der Waals surface area contributed by atoms with Crippen molar-refractivity contribution < 1.29 is 9.84 Å². The SMILES string of the molecule is CO[C@@H]1C[C@@H](CO)N(Cc2cnn(-c3ccccc3)n2)C1. The predicted molar refractivity (Wildman–Crippen MR) is 78.1 cm³/mol. The van der Waals surface area contributed by atoms with Crippen molar-refractivity contribution in [3.63, 3.8) is 0 Å². The summed E-state index contributed by atoms with van der Waals surface area (Å²) in [6, 6.07) is 9.97. The van der Waals surface area contributed by atoms with Crippen LogP contribution in [-0.4, -0.2) is 57.4 Å². The molecule has 21 heavy (non-hydrogen) atoms. The van der Waals surface area contributed by atoms with E-state index >= 15 is 0 Å². The Hall–Kier alpha value is -1.76. The first-order valence-electron chi connectivity index (χ1n) is 7.14. The molecule has 0 spiro atoms. The van der Waals surface area contributed by atoms with Gasteiger partial charge in [0, 0.05) is 26.2 Å². The highest BCUT2D eigenvalue weighted by molar-refractivity contribution is 5.28. The van der Waals surface area contributed by atoms with Crippen LogP contribution in [0.2, 0.25) is 0 Å². The van der Waals surface area contributed by atoms with E-state index in [0.717, 1.165) is 24.3 Å². The van der Waals surface area contributed by atoms with Gasteiger partial charge in [-0.15, -0.1) is 0 Å². The van der Waals surface area contributed by atoms with Crippen molar-refractivity contribution in [2.75, 3.05) is 20.3 Å². The lowest BCUT2D eigenvalue weighted by molar-refractivity contribution is 0.107. The van der Waals surface area contributed by atoms with Crippen molar-refractivity contribution in [1.82, 2.24) is 19.9 Å². The van der Waals surface area contributed by atoms with Crippen molar-refractivity contribution in [3.8, 4) is 5.69 Å². The van der Waals surface area contributed by atoms with Gasteiger partial charge in [0.15, 0.2) is 0 Å².